The fraction of sp³-hybridized carbons (Fsp3) is 0.455. The number of ether oxygens (including phenoxy) is 1. The summed E-state index contributed by atoms with van der Waals surface area (Å²) in [6.07, 6.45) is -0.0641. The van der Waals surface area contributed by atoms with Crippen LogP contribution < -0.4 is 5.32 Å². The van der Waals surface area contributed by atoms with Crippen LogP contribution in [-0.4, -0.2) is 29.7 Å². The molecule has 6 heteroatoms. The van der Waals surface area contributed by atoms with Gasteiger partial charge in [0.05, 0.1) is 6.10 Å². The summed E-state index contributed by atoms with van der Waals surface area (Å²) in [6.45, 7) is 3.48. The van der Waals surface area contributed by atoms with Crippen LogP contribution in [0.3, 0.4) is 0 Å². The maximum atomic E-state index is 11.5. The van der Waals surface area contributed by atoms with E-state index in [9.17, 15) is 9.59 Å². The first-order valence-corrected chi connectivity index (χ1v) is 6.06. The average Bonchev–Trinajstić information content (AvgIpc) is 2.75. The summed E-state index contributed by atoms with van der Waals surface area (Å²) in [6, 6.07) is 2.41. The Morgan fingerprint density at radius 3 is 2.71 bits per heavy atom. The number of carboxylic acids is 1. The van der Waals surface area contributed by atoms with Crippen molar-refractivity contribution in [1.82, 2.24) is 5.32 Å². The lowest BCUT2D eigenvalue weighted by molar-refractivity contribution is -0.142. The van der Waals surface area contributed by atoms with Crippen LogP contribution in [0.4, 0.5) is 0 Å². The van der Waals surface area contributed by atoms with E-state index in [4.69, 9.17) is 9.84 Å². The molecule has 1 heterocycles. The quantitative estimate of drug-likeness (QED) is 0.808. The van der Waals surface area contributed by atoms with Crippen LogP contribution in [0.2, 0.25) is 0 Å². The van der Waals surface area contributed by atoms with E-state index in [0.29, 0.717) is 4.88 Å². The van der Waals surface area contributed by atoms with E-state index in [1.165, 1.54) is 11.3 Å². The third-order valence-corrected chi connectivity index (χ3v) is 2.86. The number of thiophene rings is 1. The molecule has 94 valence electrons. The second-order valence-corrected chi connectivity index (χ2v) is 4.69. The minimum atomic E-state index is -1.08. The number of nitrogens with one attached hydrogen (secondary N) is 1. The van der Waals surface area contributed by atoms with Gasteiger partial charge in [-0.2, -0.15) is 0 Å². The monoisotopic (exact) mass is 257 g/mol. The normalized spacial score (nSPS) is 12.4. The Kier molecular flexibility index (Phi) is 5.11. The van der Waals surface area contributed by atoms with Gasteiger partial charge in [-0.05, 0) is 25.3 Å². The molecule has 0 bridgehead atoms. The van der Waals surface area contributed by atoms with Gasteiger partial charge in [0.1, 0.15) is 6.61 Å². The molecular weight excluding hydrogens is 242 g/mol. The van der Waals surface area contributed by atoms with E-state index in [2.05, 4.69) is 5.32 Å². The van der Waals surface area contributed by atoms with Crippen LogP contribution in [0.1, 0.15) is 24.8 Å². The van der Waals surface area contributed by atoms with Gasteiger partial charge in [0.25, 0.3) is 0 Å². The second-order valence-electron chi connectivity index (χ2n) is 3.71. The van der Waals surface area contributed by atoms with Crippen molar-refractivity contribution in [3.8, 4) is 0 Å². The van der Waals surface area contributed by atoms with Crippen molar-refractivity contribution < 1.29 is 19.4 Å². The maximum absolute atomic E-state index is 11.5. The van der Waals surface area contributed by atoms with Gasteiger partial charge in [-0.3, -0.25) is 4.79 Å². The molecule has 1 rings (SSSR count). The third-order valence-electron chi connectivity index (χ3n) is 1.93. The molecule has 2 N–H and O–H groups in total. The van der Waals surface area contributed by atoms with Crippen molar-refractivity contribution in [2.75, 3.05) is 6.61 Å². The molecule has 1 unspecified atom stereocenters. The van der Waals surface area contributed by atoms with Crippen molar-refractivity contribution in [1.29, 1.82) is 0 Å². The second kappa shape index (κ2) is 6.36. The van der Waals surface area contributed by atoms with E-state index < -0.39 is 17.9 Å². The minimum absolute atomic E-state index is 0.0641. The lowest BCUT2D eigenvalue weighted by atomic mass is 10.2. The molecule has 0 spiro atoms. The van der Waals surface area contributed by atoms with Crippen LogP contribution >= 0.6 is 11.3 Å². The highest BCUT2D eigenvalue weighted by Crippen LogP contribution is 2.18. The van der Waals surface area contributed by atoms with Gasteiger partial charge in [0.2, 0.25) is 5.91 Å². The number of carbonyl (C=O) groups excluding carboxylic acids is 1. The molecule has 0 aliphatic carbocycles. The predicted molar refractivity (Wildman–Crippen MR) is 63.9 cm³/mol. The molecule has 1 aromatic heterocycles. The predicted octanol–water partition coefficient (Wildman–Crippen LogP) is 1.41. The van der Waals surface area contributed by atoms with Crippen LogP contribution in [-0.2, 0) is 14.3 Å². The van der Waals surface area contributed by atoms with Gasteiger partial charge in [0.15, 0.2) is 6.04 Å². The highest BCUT2D eigenvalue weighted by atomic mass is 32.1. The lowest BCUT2D eigenvalue weighted by Gasteiger charge is -2.13. The van der Waals surface area contributed by atoms with Gasteiger partial charge >= 0.3 is 5.97 Å². The Balaban J connectivity index is 2.56. The Hall–Kier alpha value is -1.40. The molecule has 0 aromatic carbocycles. The number of hydrogen-bond donors (Lipinski definition) is 2. The molecule has 0 saturated heterocycles. The number of aliphatic carboxylic acids is 1. The van der Waals surface area contributed by atoms with Gasteiger partial charge < -0.3 is 15.2 Å². The van der Waals surface area contributed by atoms with Crippen LogP contribution in [0, 0.1) is 0 Å². The fourth-order valence-electron chi connectivity index (χ4n) is 1.16. The molecule has 17 heavy (non-hydrogen) atoms. The summed E-state index contributed by atoms with van der Waals surface area (Å²) in [4.78, 5) is 23.1. The van der Waals surface area contributed by atoms with Crippen molar-refractivity contribution in [2.45, 2.75) is 26.0 Å². The summed E-state index contributed by atoms with van der Waals surface area (Å²) < 4.78 is 5.10. The van der Waals surface area contributed by atoms with Crippen molar-refractivity contribution in [3.05, 3.63) is 22.4 Å². The summed E-state index contributed by atoms with van der Waals surface area (Å²) in [5.74, 6) is -1.51. The molecule has 5 nitrogen and oxygen atoms in total. The van der Waals surface area contributed by atoms with Crippen LogP contribution in [0.5, 0.6) is 0 Å². The van der Waals surface area contributed by atoms with E-state index in [-0.39, 0.29) is 12.7 Å². The van der Waals surface area contributed by atoms with Crippen molar-refractivity contribution in [3.63, 3.8) is 0 Å². The van der Waals surface area contributed by atoms with Crippen LogP contribution in [0.15, 0.2) is 17.5 Å². The van der Waals surface area contributed by atoms with E-state index in [1.54, 1.807) is 31.4 Å². The van der Waals surface area contributed by atoms with E-state index >= 15 is 0 Å². The largest absolute Gasteiger partial charge is 0.479 e. The zero-order valence-corrected chi connectivity index (χ0v) is 10.5. The number of amides is 1. The van der Waals surface area contributed by atoms with Crippen molar-refractivity contribution >= 4 is 23.2 Å². The molecule has 0 aliphatic heterocycles. The standard InChI is InChI=1S/C11H15NO4S/c1-7(2)16-6-9(13)12-10(11(14)15)8-4-3-5-17-8/h3-5,7,10H,6H2,1-2H3,(H,12,13)(H,14,15). The first-order valence-electron chi connectivity index (χ1n) is 5.18. The molecule has 1 atom stereocenters. The minimum Gasteiger partial charge on any atom is -0.479 e. The molecule has 0 aliphatic rings. The first-order chi connectivity index (χ1) is 8.00. The Labute approximate surface area is 103 Å². The Morgan fingerprint density at radius 2 is 2.24 bits per heavy atom. The zero-order chi connectivity index (χ0) is 12.8. The van der Waals surface area contributed by atoms with Crippen molar-refractivity contribution in [2.24, 2.45) is 0 Å². The molecule has 0 radical (unpaired) electrons. The molecule has 1 amide bonds. The topological polar surface area (TPSA) is 75.6 Å². The van der Waals surface area contributed by atoms with Gasteiger partial charge in [-0.1, -0.05) is 6.07 Å². The molecular formula is C11H15NO4S. The maximum Gasteiger partial charge on any atom is 0.331 e. The lowest BCUT2D eigenvalue weighted by Crippen LogP contribution is -2.36. The number of carboxylic acid groups (broad SMARTS) is 1. The average molecular weight is 257 g/mol. The summed E-state index contributed by atoms with van der Waals surface area (Å²) in [7, 11) is 0. The van der Waals surface area contributed by atoms with E-state index in [1.807, 2.05) is 0 Å². The van der Waals surface area contributed by atoms with E-state index in [0.717, 1.165) is 0 Å². The SMILES string of the molecule is CC(C)OCC(=O)NC(C(=O)O)c1cccs1. The Morgan fingerprint density at radius 1 is 1.53 bits per heavy atom. The fourth-order valence-corrected chi connectivity index (χ4v) is 1.92. The number of carbonyl (C=O) groups is 2. The smallest absolute Gasteiger partial charge is 0.331 e. The van der Waals surface area contributed by atoms with Gasteiger partial charge in [-0.15, -0.1) is 11.3 Å². The van der Waals surface area contributed by atoms with Crippen LogP contribution in [0.25, 0.3) is 0 Å². The zero-order valence-electron chi connectivity index (χ0n) is 9.67. The first kappa shape index (κ1) is 13.7. The number of rotatable bonds is 6. The Bertz CT molecular complexity index is 375. The highest BCUT2D eigenvalue weighted by molar-refractivity contribution is 7.10. The summed E-state index contributed by atoms with van der Waals surface area (Å²) in [5, 5.41) is 13.2. The third kappa shape index (κ3) is 4.54. The van der Waals surface area contributed by atoms with Gasteiger partial charge in [-0.25, -0.2) is 4.79 Å². The summed E-state index contributed by atoms with van der Waals surface area (Å²) in [5.41, 5.74) is 0. The molecule has 1 aromatic rings. The highest BCUT2D eigenvalue weighted by Gasteiger charge is 2.22. The summed E-state index contributed by atoms with van der Waals surface area (Å²) >= 11 is 1.29. The van der Waals surface area contributed by atoms with Gasteiger partial charge in [0, 0.05) is 4.88 Å². The number of hydrogen-bond acceptors (Lipinski definition) is 4. The molecule has 0 saturated carbocycles. The molecule has 0 fully saturated rings.